The number of carbonyl (C=O) groups excluding carboxylic acids is 2. The number of anilines is 1. The van der Waals surface area contributed by atoms with Crippen molar-refractivity contribution in [3.63, 3.8) is 0 Å². The van der Waals surface area contributed by atoms with E-state index < -0.39 is 12.1 Å². The largest absolute Gasteiger partial charge is 0.449 e. The van der Waals surface area contributed by atoms with Gasteiger partial charge in [-0.25, -0.2) is 4.79 Å². The number of ether oxygens (including phenoxy) is 1. The summed E-state index contributed by atoms with van der Waals surface area (Å²) in [6, 6.07) is 15.0. The van der Waals surface area contributed by atoms with E-state index in [0.717, 1.165) is 52.6 Å². The van der Waals surface area contributed by atoms with Crippen molar-refractivity contribution in [2.45, 2.75) is 45.8 Å². The summed E-state index contributed by atoms with van der Waals surface area (Å²) in [6.45, 7) is 6.53. The Morgan fingerprint density at radius 1 is 1.15 bits per heavy atom. The van der Waals surface area contributed by atoms with Crippen molar-refractivity contribution in [1.82, 2.24) is 9.88 Å². The molecule has 33 heavy (non-hydrogen) atoms. The van der Waals surface area contributed by atoms with Crippen LogP contribution in [0.2, 0.25) is 0 Å². The van der Waals surface area contributed by atoms with E-state index in [0.29, 0.717) is 24.2 Å². The molecule has 1 amide bonds. The van der Waals surface area contributed by atoms with Gasteiger partial charge in [0.1, 0.15) is 0 Å². The maximum absolute atomic E-state index is 13.5. The minimum Gasteiger partial charge on any atom is -0.449 e. The molecule has 1 aromatic heterocycles. The maximum atomic E-state index is 13.5. The first-order chi connectivity index (χ1) is 16.0. The van der Waals surface area contributed by atoms with Gasteiger partial charge >= 0.3 is 5.97 Å². The Morgan fingerprint density at radius 3 is 2.67 bits per heavy atom. The maximum Gasteiger partial charge on any atom is 0.340 e. The van der Waals surface area contributed by atoms with Crippen molar-refractivity contribution in [2.24, 2.45) is 0 Å². The highest BCUT2D eigenvalue weighted by Gasteiger charge is 2.29. The molecule has 1 N–H and O–H groups in total. The number of halogens is 1. The number of fused-ring (bicyclic) bond motifs is 2. The van der Waals surface area contributed by atoms with Gasteiger partial charge in [-0.15, -0.1) is 0 Å². The lowest BCUT2D eigenvalue weighted by molar-refractivity contribution is -0.124. The second-order valence-corrected chi connectivity index (χ2v) is 9.08. The fourth-order valence-corrected chi connectivity index (χ4v) is 4.66. The van der Waals surface area contributed by atoms with Gasteiger partial charge in [0.05, 0.1) is 16.8 Å². The lowest BCUT2D eigenvalue weighted by Crippen LogP contribution is -2.35. The van der Waals surface area contributed by atoms with Crippen molar-refractivity contribution in [1.29, 1.82) is 0 Å². The van der Waals surface area contributed by atoms with Crippen LogP contribution in [-0.2, 0) is 22.5 Å². The highest BCUT2D eigenvalue weighted by Crippen LogP contribution is 2.29. The molecule has 0 bridgehead atoms. The average Bonchev–Trinajstić information content (AvgIpc) is 2.82. The van der Waals surface area contributed by atoms with Gasteiger partial charge in [0.25, 0.3) is 5.91 Å². The van der Waals surface area contributed by atoms with E-state index in [-0.39, 0.29) is 5.91 Å². The Kier molecular flexibility index (Phi) is 7.40. The Labute approximate surface area is 202 Å². The second kappa shape index (κ2) is 10.4. The third-order valence-corrected chi connectivity index (χ3v) is 6.61. The zero-order valence-corrected chi connectivity index (χ0v) is 20.5. The van der Waals surface area contributed by atoms with Crippen LogP contribution in [0.4, 0.5) is 5.69 Å². The van der Waals surface area contributed by atoms with Crippen LogP contribution >= 0.6 is 15.9 Å². The van der Waals surface area contributed by atoms with Crippen molar-refractivity contribution in [3.05, 3.63) is 69.8 Å². The summed E-state index contributed by atoms with van der Waals surface area (Å²) >= 11 is 3.44. The zero-order chi connectivity index (χ0) is 23.4. The summed E-state index contributed by atoms with van der Waals surface area (Å²) in [4.78, 5) is 33.6. The van der Waals surface area contributed by atoms with Gasteiger partial charge in [0.15, 0.2) is 6.10 Å². The third kappa shape index (κ3) is 5.09. The number of rotatable bonds is 7. The number of amides is 1. The molecule has 1 aliphatic rings. The Bertz CT molecular complexity index is 1180. The number of nitrogens with one attached hydrogen (secondary N) is 1. The SMILES string of the molecule is CCCN1CCc2nc3ccccc3c(C(=O)OC(CC)C(=O)Nc3ccccc3Br)c2C1. The summed E-state index contributed by atoms with van der Waals surface area (Å²) in [7, 11) is 0. The zero-order valence-electron chi connectivity index (χ0n) is 18.9. The predicted octanol–water partition coefficient (Wildman–Crippen LogP) is 5.34. The molecule has 1 aliphatic heterocycles. The summed E-state index contributed by atoms with van der Waals surface area (Å²) in [5.41, 5.74) is 3.80. The molecular weight excluding hydrogens is 482 g/mol. The first-order valence-electron chi connectivity index (χ1n) is 11.4. The molecular formula is C26H28BrN3O3. The van der Waals surface area contributed by atoms with E-state index in [1.54, 1.807) is 6.07 Å². The number of benzene rings is 2. The van der Waals surface area contributed by atoms with Crippen LogP contribution in [0.25, 0.3) is 10.9 Å². The van der Waals surface area contributed by atoms with Gasteiger partial charge in [-0.1, -0.05) is 44.2 Å². The van der Waals surface area contributed by atoms with Crippen LogP contribution in [0.15, 0.2) is 53.0 Å². The van der Waals surface area contributed by atoms with Gasteiger partial charge in [0.2, 0.25) is 0 Å². The second-order valence-electron chi connectivity index (χ2n) is 8.23. The van der Waals surface area contributed by atoms with E-state index in [1.165, 1.54) is 0 Å². The van der Waals surface area contributed by atoms with Gasteiger partial charge in [0, 0.05) is 40.6 Å². The van der Waals surface area contributed by atoms with Crippen molar-refractivity contribution >= 4 is 44.4 Å². The van der Waals surface area contributed by atoms with Crippen LogP contribution < -0.4 is 5.32 Å². The van der Waals surface area contributed by atoms with Gasteiger partial charge in [-0.05, 0) is 53.5 Å². The molecule has 6 nitrogen and oxygen atoms in total. The quantitative estimate of drug-likeness (QED) is 0.435. The fraction of sp³-hybridized carbons (Fsp3) is 0.346. The standard InChI is InChI=1S/C26H28BrN3O3/c1-3-14-30-15-13-21-18(16-30)24(17-9-5-7-11-20(17)28-21)26(32)33-23(4-2)25(31)29-22-12-8-6-10-19(22)27/h5-12,23H,3-4,13-16H2,1-2H3,(H,29,31). The average molecular weight is 510 g/mol. The third-order valence-electron chi connectivity index (χ3n) is 5.91. The molecule has 4 rings (SSSR count). The number of para-hydroxylation sites is 2. The molecule has 0 radical (unpaired) electrons. The number of nitrogens with zero attached hydrogens (tertiary/aromatic N) is 2. The minimum atomic E-state index is -0.900. The van der Waals surface area contributed by atoms with Crippen LogP contribution in [0, 0.1) is 0 Å². The molecule has 0 fully saturated rings. The first kappa shape index (κ1) is 23.4. The topological polar surface area (TPSA) is 71.5 Å². The summed E-state index contributed by atoms with van der Waals surface area (Å²) in [5.74, 6) is -0.824. The van der Waals surface area contributed by atoms with Gasteiger partial charge in [-0.2, -0.15) is 0 Å². The molecule has 0 spiro atoms. The normalized spacial score (nSPS) is 14.5. The van der Waals surface area contributed by atoms with E-state index in [1.807, 2.05) is 49.4 Å². The monoisotopic (exact) mass is 509 g/mol. The van der Waals surface area contributed by atoms with Crippen molar-refractivity contribution in [3.8, 4) is 0 Å². The molecule has 7 heteroatoms. The van der Waals surface area contributed by atoms with E-state index in [2.05, 4.69) is 33.1 Å². The van der Waals surface area contributed by atoms with Crippen LogP contribution in [0.1, 0.15) is 48.3 Å². The lowest BCUT2D eigenvalue weighted by atomic mass is 9.95. The molecule has 1 atom stereocenters. The van der Waals surface area contributed by atoms with E-state index >= 15 is 0 Å². The number of hydrogen-bond acceptors (Lipinski definition) is 5. The number of pyridine rings is 1. The van der Waals surface area contributed by atoms with Gasteiger partial charge in [-0.3, -0.25) is 14.7 Å². The molecule has 1 unspecified atom stereocenters. The highest BCUT2D eigenvalue weighted by molar-refractivity contribution is 9.10. The molecule has 2 aromatic carbocycles. The Hall–Kier alpha value is -2.77. The van der Waals surface area contributed by atoms with E-state index in [9.17, 15) is 9.59 Å². The summed E-state index contributed by atoms with van der Waals surface area (Å²) in [6.07, 6.45) is 1.31. The molecule has 172 valence electrons. The molecule has 2 heterocycles. The smallest absolute Gasteiger partial charge is 0.340 e. The highest BCUT2D eigenvalue weighted by atomic mass is 79.9. The van der Waals surface area contributed by atoms with Crippen molar-refractivity contribution < 1.29 is 14.3 Å². The number of hydrogen-bond donors (Lipinski definition) is 1. The lowest BCUT2D eigenvalue weighted by Gasteiger charge is -2.30. The fourth-order valence-electron chi connectivity index (χ4n) is 4.27. The summed E-state index contributed by atoms with van der Waals surface area (Å²) < 4.78 is 6.58. The van der Waals surface area contributed by atoms with Crippen LogP contribution in [-0.4, -0.2) is 41.0 Å². The number of aromatic nitrogens is 1. The molecule has 0 aliphatic carbocycles. The predicted molar refractivity (Wildman–Crippen MR) is 133 cm³/mol. The molecule has 0 saturated carbocycles. The Balaban J connectivity index is 1.65. The van der Waals surface area contributed by atoms with Crippen molar-refractivity contribution in [2.75, 3.05) is 18.4 Å². The summed E-state index contributed by atoms with van der Waals surface area (Å²) in [5, 5.41) is 3.62. The van der Waals surface area contributed by atoms with E-state index in [4.69, 9.17) is 9.72 Å². The van der Waals surface area contributed by atoms with Crippen LogP contribution in [0.5, 0.6) is 0 Å². The molecule has 0 saturated heterocycles. The minimum absolute atomic E-state index is 0.349. The first-order valence-corrected chi connectivity index (χ1v) is 12.2. The van der Waals surface area contributed by atoms with Gasteiger partial charge < -0.3 is 10.1 Å². The molecule has 3 aromatic rings. The Morgan fingerprint density at radius 2 is 1.91 bits per heavy atom. The van der Waals surface area contributed by atoms with Crippen LogP contribution in [0.3, 0.4) is 0 Å². The number of esters is 1. The number of carbonyl (C=O) groups is 2.